The molecule has 1 saturated carbocycles. The molecular formula is C12H21FeN2O2P+. The third-order valence-electron chi connectivity index (χ3n) is 2.05. The van der Waals surface area contributed by atoms with Crippen LogP contribution in [0.2, 0.25) is 0 Å². The van der Waals surface area contributed by atoms with Gasteiger partial charge in [-0.3, -0.25) is 0 Å². The third-order valence-corrected chi connectivity index (χ3v) is 3.95. The molecule has 0 atom stereocenters. The first-order valence-corrected chi connectivity index (χ1v) is 6.05. The van der Waals surface area contributed by atoms with E-state index in [2.05, 4.69) is 30.1 Å². The van der Waals surface area contributed by atoms with E-state index in [1.807, 2.05) is 32.1 Å². The molecular weight excluding hydrogens is 291 g/mol. The summed E-state index contributed by atoms with van der Waals surface area (Å²) < 4.78 is 17.2. The van der Waals surface area contributed by atoms with Crippen molar-refractivity contribution in [1.82, 2.24) is 9.34 Å². The van der Waals surface area contributed by atoms with Crippen molar-refractivity contribution in [3.8, 4) is 0 Å². The van der Waals surface area contributed by atoms with Crippen LogP contribution in [-0.4, -0.2) is 43.6 Å². The molecule has 0 unspecified atom stereocenters. The van der Waals surface area contributed by atoms with Crippen LogP contribution in [0.4, 0.5) is 0 Å². The standard InChI is InChI=1S/C5H13N2OP.C5H5.CO.CH3.Fe/c1-6-4-5-7(2)9(6)8-3;1-2-4-5-3-1;1-2;;/h4-5H2,1-3H3;1-5H;;1H3;/q;;;-1;+2. The Balaban J connectivity index is -0.000000217. The second kappa shape index (κ2) is 15.6. The summed E-state index contributed by atoms with van der Waals surface area (Å²) >= 11 is 0. The van der Waals surface area contributed by atoms with Crippen molar-refractivity contribution in [2.24, 2.45) is 0 Å². The molecule has 103 valence electrons. The van der Waals surface area contributed by atoms with Gasteiger partial charge in [-0.1, -0.05) is 0 Å². The predicted molar refractivity (Wildman–Crippen MR) is 71.0 cm³/mol. The molecule has 1 aliphatic carbocycles. The summed E-state index contributed by atoms with van der Waals surface area (Å²) in [6.45, 7) is 6.77. The topological polar surface area (TPSA) is 35.6 Å². The summed E-state index contributed by atoms with van der Waals surface area (Å²) in [5.41, 5.74) is 0. The van der Waals surface area contributed by atoms with E-state index < -0.39 is 8.45 Å². The summed E-state index contributed by atoms with van der Waals surface area (Å²) in [4.78, 5) is 0. The first-order chi connectivity index (χ1) is 7.75. The van der Waals surface area contributed by atoms with Crippen LogP contribution in [0.3, 0.4) is 0 Å². The minimum absolute atomic E-state index is 0. The molecule has 1 heterocycles. The van der Waals surface area contributed by atoms with Gasteiger partial charge in [0.05, 0.1) is 0 Å². The molecule has 0 aromatic heterocycles. The van der Waals surface area contributed by atoms with Crippen molar-refractivity contribution in [2.45, 2.75) is 0 Å². The molecule has 0 N–H and O–H groups in total. The second-order valence-electron chi connectivity index (χ2n) is 3.16. The predicted octanol–water partition coefficient (Wildman–Crippen LogP) is 2.17. The fourth-order valence-electron chi connectivity index (χ4n) is 1.32. The average Bonchev–Trinajstić information content (AvgIpc) is 2.96. The molecule has 2 aliphatic rings. The maximum absolute atomic E-state index is 7.50. The molecule has 0 aromatic rings. The van der Waals surface area contributed by atoms with Crippen molar-refractivity contribution in [1.29, 1.82) is 0 Å². The van der Waals surface area contributed by atoms with Gasteiger partial charge in [0, 0.05) is 20.2 Å². The molecule has 0 aromatic carbocycles. The Morgan fingerprint density at radius 1 is 1.00 bits per heavy atom. The van der Waals surface area contributed by atoms with Crippen LogP contribution in [0.25, 0.3) is 0 Å². The number of nitrogens with zero attached hydrogens (tertiary/aromatic N) is 2. The van der Waals surface area contributed by atoms with Crippen molar-refractivity contribution in [3.05, 3.63) is 46.2 Å². The van der Waals surface area contributed by atoms with Crippen molar-refractivity contribution in [2.75, 3.05) is 34.3 Å². The van der Waals surface area contributed by atoms with Crippen LogP contribution < -0.4 is 0 Å². The van der Waals surface area contributed by atoms with Crippen LogP contribution in [0.15, 0.2) is 0 Å². The van der Waals surface area contributed by atoms with Crippen LogP contribution in [-0.2, 0) is 26.2 Å². The zero-order chi connectivity index (χ0) is 12.4. The van der Waals surface area contributed by atoms with Crippen LogP contribution in [0.1, 0.15) is 0 Å². The largest absolute Gasteiger partial charge is 2.00 e. The van der Waals surface area contributed by atoms with E-state index in [0.717, 1.165) is 13.1 Å². The van der Waals surface area contributed by atoms with E-state index in [9.17, 15) is 0 Å². The van der Waals surface area contributed by atoms with Gasteiger partial charge < -0.3 is 12.0 Å². The minimum atomic E-state index is -0.399. The quantitative estimate of drug-likeness (QED) is 0.322. The Hall–Kier alpha value is 0.569. The average molecular weight is 312 g/mol. The fraction of sp³-hybridized carbons (Fsp3) is 0.417. The summed E-state index contributed by atoms with van der Waals surface area (Å²) in [6.07, 6.45) is 10.0. The van der Waals surface area contributed by atoms with E-state index >= 15 is 0 Å². The van der Waals surface area contributed by atoms with Gasteiger partial charge in [-0.2, -0.15) is 0 Å². The molecule has 5 radical (unpaired) electrons. The molecule has 1 saturated heterocycles. The van der Waals surface area contributed by atoms with Gasteiger partial charge in [0.25, 0.3) is 0 Å². The van der Waals surface area contributed by atoms with Crippen LogP contribution in [0, 0.1) is 46.2 Å². The molecule has 0 bridgehead atoms. The van der Waals surface area contributed by atoms with Gasteiger partial charge in [-0.25, -0.2) is 9.34 Å². The van der Waals surface area contributed by atoms with Crippen LogP contribution in [0.5, 0.6) is 0 Å². The number of hydrogen-bond donors (Lipinski definition) is 0. The Morgan fingerprint density at radius 2 is 1.28 bits per heavy atom. The van der Waals surface area contributed by atoms with E-state index in [1.54, 1.807) is 7.11 Å². The summed E-state index contributed by atoms with van der Waals surface area (Å²) in [5, 5.41) is 0. The molecule has 2 rings (SSSR count). The molecule has 6 heteroatoms. The maximum Gasteiger partial charge on any atom is 2.00 e. The first kappa shape index (κ1) is 23.6. The van der Waals surface area contributed by atoms with Crippen molar-refractivity contribution in [3.63, 3.8) is 0 Å². The Kier molecular flexibility index (Phi) is 20.5. The molecule has 4 nitrogen and oxygen atoms in total. The minimum Gasteiger partial charge on any atom is -0.358 e. The molecule has 0 spiro atoms. The van der Waals surface area contributed by atoms with Gasteiger partial charge in [-0.05, 0) is 46.2 Å². The van der Waals surface area contributed by atoms with E-state index in [0.29, 0.717) is 0 Å². The Morgan fingerprint density at radius 3 is 1.44 bits per heavy atom. The van der Waals surface area contributed by atoms with Gasteiger partial charge in [0.1, 0.15) is 0 Å². The van der Waals surface area contributed by atoms with Crippen molar-refractivity contribution < 1.29 is 26.2 Å². The summed E-state index contributed by atoms with van der Waals surface area (Å²) in [6, 6.07) is 0. The maximum atomic E-state index is 7.50. The Bertz CT molecular complexity index is 175. The second-order valence-corrected chi connectivity index (χ2v) is 5.40. The monoisotopic (exact) mass is 312 g/mol. The van der Waals surface area contributed by atoms with Gasteiger partial charge in [0.2, 0.25) is 0 Å². The molecule has 1 aliphatic heterocycles. The van der Waals surface area contributed by atoms with E-state index in [1.165, 1.54) is 0 Å². The number of rotatable bonds is 1. The van der Waals surface area contributed by atoms with Crippen LogP contribution >= 0.6 is 8.45 Å². The van der Waals surface area contributed by atoms with Gasteiger partial charge in [0.15, 0.2) is 8.45 Å². The Labute approximate surface area is 125 Å². The fourth-order valence-corrected chi connectivity index (χ4v) is 2.92. The summed E-state index contributed by atoms with van der Waals surface area (Å²) in [5.74, 6) is 0. The molecule has 0 amide bonds. The number of likely N-dealkylation sites (N-methyl/N-ethyl adjacent to an activating group) is 2. The van der Waals surface area contributed by atoms with Gasteiger partial charge >= 0.3 is 28.4 Å². The van der Waals surface area contributed by atoms with E-state index in [-0.39, 0.29) is 24.5 Å². The normalized spacial score (nSPS) is 19.6. The SMILES string of the molecule is COP1N(C)CCN1C.[C-]#[O+].[CH3-].[CH]1[CH][CH][CH][CH]1.[Fe+2]. The molecule has 2 fully saturated rings. The molecule has 18 heavy (non-hydrogen) atoms. The van der Waals surface area contributed by atoms with E-state index in [4.69, 9.17) is 9.18 Å². The zero-order valence-electron chi connectivity index (χ0n) is 11.3. The van der Waals surface area contributed by atoms with Crippen molar-refractivity contribution >= 4 is 8.45 Å². The third kappa shape index (κ3) is 9.49. The summed E-state index contributed by atoms with van der Waals surface area (Å²) in [7, 11) is 5.56. The smallest absolute Gasteiger partial charge is 0.358 e. The van der Waals surface area contributed by atoms with Gasteiger partial charge in [-0.15, -0.1) is 0 Å². The zero-order valence-corrected chi connectivity index (χ0v) is 13.3. The first-order valence-electron chi connectivity index (χ1n) is 4.89. The number of hydrogen-bond acceptors (Lipinski definition) is 3.